The molecule has 6 heteroatoms. The zero-order valence-corrected chi connectivity index (χ0v) is 13.5. The van der Waals surface area contributed by atoms with Gasteiger partial charge in [-0.25, -0.2) is 0 Å². The van der Waals surface area contributed by atoms with Crippen molar-refractivity contribution in [1.29, 1.82) is 0 Å². The largest absolute Gasteiger partial charge is 0.573 e. The lowest BCUT2D eigenvalue weighted by molar-refractivity contribution is -0.274. The third-order valence-corrected chi connectivity index (χ3v) is 3.85. The van der Waals surface area contributed by atoms with E-state index in [1.165, 1.54) is 18.2 Å². The highest BCUT2D eigenvalue weighted by Crippen LogP contribution is 2.24. The number of nitrogens with one attached hydrogen (secondary N) is 1. The average Bonchev–Trinajstić information content (AvgIpc) is 2.46. The van der Waals surface area contributed by atoms with Gasteiger partial charge in [-0.05, 0) is 48.7 Å². The summed E-state index contributed by atoms with van der Waals surface area (Å²) >= 11 is 6.11. The second-order valence-corrected chi connectivity index (χ2v) is 5.71. The number of hydrogen-bond donors (Lipinski definition) is 1. The Bertz CT molecular complexity index is 673. The maximum atomic E-state index is 12.2. The molecule has 2 rings (SSSR count). The van der Waals surface area contributed by atoms with Crippen LogP contribution < -0.4 is 10.1 Å². The van der Waals surface area contributed by atoms with E-state index in [9.17, 15) is 13.2 Å². The predicted octanol–water partition coefficient (Wildman–Crippen LogP) is 5.40. The summed E-state index contributed by atoms with van der Waals surface area (Å²) in [5, 5.41) is 3.95. The lowest BCUT2D eigenvalue weighted by atomic mass is 10.1. The number of halogens is 4. The Balaban J connectivity index is 2.00. The van der Waals surface area contributed by atoms with E-state index in [4.69, 9.17) is 11.6 Å². The van der Waals surface area contributed by atoms with Crippen molar-refractivity contribution in [3.05, 3.63) is 64.2 Å². The van der Waals surface area contributed by atoms with Crippen molar-refractivity contribution in [1.82, 2.24) is 5.32 Å². The molecule has 0 radical (unpaired) electrons. The third kappa shape index (κ3) is 5.44. The number of rotatable bonds is 5. The minimum atomic E-state index is -4.68. The fourth-order valence-corrected chi connectivity index (χ4v) is 2.31. The molecule has 2 aromatic rings. The van der Waals surface area contributed by atoms with Crippen molar-refractivity contribution in [2.75, 3.05) is 0 Å². The number of hydrogen-bond acceptors (Lipinski definition) is 2. The van der Waals surface area contributed by atoms with Crippen LogP contribution in [0.5, 0.6) is 5.75 Å². The monoisotopic (exact) mass is 343 g/mol. The highest BCUT2D eigenvalue weighted by Gasteiger charge is 2.31. The molecular formula is C17H17ClF3NO. The summed E-state index contributed by atoms with van der Waals surface area (Å²) in [6.45, 7) is 4.31. The van der Waals surface area contributed by atoms with Gasteiger partial charge in [-0.2, -0.15) is 0 Å². The molecule has 0 amide bonds. The lowest BCUT2D eigenvalue weighted by Gasteiger charge is -2.16. The van der Waals surface area contributed by atoms with Gasteiger partial charge in [0.1, 0.15) is 5.75 Å². The fourth-order valence-electron chi connectivity index (χ4n) is 2.12. The van der Waals surface area contributed by atoms with Gasteiger partial charge in [0.2, 0.25) is 0 Å². The van der Waals surface area contributed by atoms with Gasteiger partial charge < -0.3 is 10.1 Å². The summed E-state index contributed by atoms with van der Waals surface area (Å²) in [6, 6.07) is 11.7. The van der Waals surface area contributed by atoms with E-state index in [0.29, 0.717) is 17.1 Å². The summed E-state index contributed by atoms with van der Waals surface area (Å²) in [5.41, 5.74) is 2.72. The van der Waals surface area contributed by atoms with E-state index in [0.717, 1.165) is 11.1 Å². The minimum absolute atomic E-state index is 0.0142. The van der Waals surface area contributed by atoms with Crippen LogP contribution in [0.2, 0.25) is 5.02 Å². The van der Waals surface area contributed by atoms with Gasteiger partial charge in [0, 0.05) is 17.6 Å². The molecule has 0 saturated carbocycles. The van der Waals surface area contributed by atoms with Crippen LogP contribution in [-0.2, 0) is 6.54 Å². The van der Waals surface area contributed by atoms with Gasteiger partial charge in [0.25, 0.3) is 0 Å². The first-order valence-electron chi connectivity index (χ1n) is 7.09. The van der Waals surface area contributed by atoms with Crippen molar-refractivity contribution < 1.29 is 17.9 Å². The van der Waals surface area contributed by atoms with Crippen LogP contribution in [0.3, 0.4) is 0 Å². The molecule has 0 aliphatic rings. The lowest BCUT2D eigenvalue weighted by Crippen LogP contribution is -2.19. The molecule has 1 atom stereocenters. The van der Waals surface area contributed by atoms with Crippen LogP contribution >= 0.6 is 11.6 Å². The summed E-state index contributed by atoms with van der Waals surface area (Å²) in [7, 11) is 0. The topological polar surface area (TPSA) is 21.3 Å². The molecule has 1 unspecified atom stereocenters. The van der Waals surface area contributed by atoms with Crippen molar-refractivity contribution >= 4 is 11.6 Å². The molecule has 0 saturated heterocycles. The van der Waals surface area contributed by atoms with Crippen LogP contribution in [0.15, 0.2) is 42.5 Å². The molecule has 0 heterocycles. The van der Waals surface area contributed by atoms with E-state index in [-0.39, 0.29) is 11.8 Å². The molecular weight excluding hydrogens is 327 g/mol. The van der Waals surface area contributed by atoms with Crippen LogP contribution in [0.1, 0.15) is 29.7 Å². The van der Waals surface area contributed by atoms with Crippen LogP contribution in [0, 0.1) is 6.92 Å². The number of aryl methyl sites for hydroxylation is 1. The summed E-state index contributed by atoms with van der Waals surface area (Å²) in [4.78, 5) is 0. The summed E-state index contributed by atoms with van der Waals surface area (Å²) in [5.74, 6) is -0.220. The van der Waals surface area contributed by atoms with E-state index in [1.807, 2.05) is 32.0 Å². The molecule has 0 aliphatic carbocycles. The first-order valence-corrected chi connectivity index (χ1v) is 7.46. The third-order valence-electron chi connectivity index (χ3n) is 3.44. The number of ether oxygens (including phenoxy) is 1. The number of alkyl halides is 3. The predicted molar refractivity (Wildman–Crippen MR) is 84.6 cm³/mol. The first kappa shape index (κ1) is 17.6. The van der Waals surface area contributed by atoms with Crippen molar-refractivity contribution in [3.63, 3.8) is 0 Å². The Morgan fingerprint density at radius 2 is 1.91 bits per heavy atom. The standard InChI is InChI=1S/C17H17ClF3NO/c1-11-6-7-14(9-16(11)18)12(2)22-10-13-4-3-5-15(8-13)23-17(19,20)21/h3-9,12,22H,10H2,1-2H3. The van der Waals surface area contributed by atoms with Crippen LogP contribution in [0.4, 0.5) is 13.2 Å². The normalized spacial score (nSPS) is 13.0. The highest BCUT2D eigenvalue weighted by atomic mass is 35.5. The van der Waals surface area contributed by atoms with Crippen LogP contribution in [0.25, 0.3) is 0 Å². The Morgan fingerprint density at radius 1 is 1.17 bits per heavy atom. The molecule has 0 aliphatic heterocycles. The Kier molecular flexibility index (Phi) is 5.55. The maximum absolute atomic E-state index is 12.2. The van der Waals surface area contributed by atoms with Gasteiger partial charge in [-0.3, -0.25) is 0 Å². The molecule has 23 heavy (non-hydrogen) atoms. The summed E-state index contributed by atoms with van der Waals surface area (Å²) < 4.78 is 40.6. The van der Waals surface area contributed by atoms with Gasteiger partial charge in [0.05, 0.1) is 0 Å². The molecule has 2 aromatic carbocycles. The van der Waals surface area contributed by atoms with E-state index in [2.05, 4.69) is 10.1 Å². The summed E-state index contributed by atoms with van der Waals surface area (Å²) in [6.07, 6.45) is -4.68. The van der Waals surface area contributed by atoms with E-state index < -0.39 is 6.36 Å². The molecule has 0 bridgehead atoms. The molecule has 0 aromatic heterocycles. The first-order chi connectivity index (χ1) is 10.7. The molecule has 1 N–H and O–H groups in total. The minimum Gasteiger partial charge on any atom is -0.406 e. The number of benzene rings is 2. The van der Waals surface area contributed by atoms with Crippen molar-refractivity contribution in [2.24, 2.45) is 0 Å². The second kappa shape index (κ2) is 7.23. The molecule has 0 fully saturated rings. The highest BCUT2D eigenvalue weighted by molar-refractivity contribution is 6.31. The second-order valence-electron chi connectivity index (χ2n) is 5.31. The van der Waals surface area contributed by atoms with Gasteiger partial charge in [-0.1, -0.05) is 35.9 Å². The smallest absolute Gasteiger partial charge is 0.406 e. The SMILES string of the molecule is Cc1ccc(C(C)NCc2cccc(OC(F)(F)F)c2)cc1Cl. The van der Waals surface area contributed by atoms with Crippen molar-refractivity contribution in [3.8, 4) is 5.75 Å². The molecule has 2 nitrogen and oxygen atoms in total. The zero-order chi connectivity index (χ0) is 17.0. The molecule has 0 spiro atoms. The van der Waals surface area contributed by atoms with Crippen LogP contribution in [-0.4, -0.2) is 6.36 Å². The Hall–Kier alpha value is -1.72. The quantitative estimate of drug-likeness (QED) is 0.785. The van der Waals surface area contributed by atoms with Gasteiger partial charge >= 0.3 is 6.36 Å². The Labute approximate surface area is 138 Å². The molecule has 124 valence electrons. The Morgan fingerprint density at radius 3 is 2.57 bits per heavy atom. The van der Waals surface area contributed by atoms with Gasteiger partial charge in [0.15, 0.2) is 0 Å². The zero-order valence-electron chi connectivity index (χ0n) is 12.7. The fraction of sp³-hybridized carbons (Fsp3) is 0.294. The van der Waals surface area contributed by atoms with Gasteiger partial charge in [-0.15, -0.1) is 13.2 Å². The van der Waals surface area contributed by atoms with E-state index >= 15 is 0 Å². The van der Waals surface area contributed by atoms with E-state index in [1.54, 1.807) is 6.07 Å². The maximum Gasteiger partial charge on any atom is 0.573 e. The van der Waals surface area contributed by atoms with Crippen molar-refractivity contribution in [2.45, 2.75) is 32.8 Å². The average molecular weight is 344 g/mol.